The van der Waals surface area contributed by atoms with Crippen LogP contribution in [0, 0.1) is 16.0 Å². The lowest BCUT2D eigenvalue weighted by molar-refractivity contribution is -0.384. The standard InChI is InChI=1S/C14H18F2N2O5S/c1-9(19)10-3-2-6-17(8-10)12-5-4-11(7-13(12)18(20)21)24(22,23)14(15)16/h4-5,7,9-10,14,19H,2-3,6,8H2,1H3. The molecule has 134 valence electrons. The zero-order valence-electron chi connectivity index (χ0n) is 12.9. The third kappa shape index (κ3) is 3.64. The van der Waals surface area contributed by atoms with Gasteiger partial charge in [-0.05, 0) is 31.9 Å². The number of aliphatic hydroxyl groups excluding tert-OH is 1. The van der Waals surface area contributed by atoms with Gasteiger partial charge >= 0.3 is 5.76 Å². The van der Waals surface area contributed by atoms with Crippen LogP contribution in [0.25, 0.3) is 0 Å². The Kier molecular flexibility index (Phi) is 5.38. The van der Waals surface area contributed by atoms with Crippen LogP contribution < -0.4 is 4.90 Å². The van der Waals surface area contributed by atoms with Crippen molar-refractivity contribution < 1.29 is 27.2 Å². The molecular formula is C14H18F2N2O5S. The van der Waals surface area contributed by atoms with Gasteiger partial charge in [0.1, 0.15) is 5.69 Å². The smallest absolute Gasteiger partial charge is 0.341 e. The SMILES string of the molecule is CC(O)C1CCCN(c2ccc(S(=O)(=O)C(F)F)cc2[N+](=O)[O-])C1. The van der Waals surface area contributed by atoms with Crippen LogP contribution in [0.2, 0.25) is 0 Å². The largest absolute Gasteiger partial charge is 0.393 e. The molecule has 1 aliphatic heterocycles. The molecule has 0 bridgehead atoms. The Morgan fingerprint density at radius 2 is 2.08 bits per heavy atom. The summed E-state index contributed by atoms with van der Waals surface area (Å²) in [7, 11) is -4.90. The fourth-order valence-corrected chi connectivity index (χ4v) is 3.56. The van der Waals surface area contributed by atoms with E-state index in [1.807, 2.05) is 0 Å². The van der Waals surface area contributed by atoms with Crippen molar-refractivity contribution in [3.8, 4) is 0 Å². The zero-order chi connectivity index (χ0) is 18.1. The maximum Gasteiger partial charge on any atom is 0.341 e. The second-order valence-corrected chi connectivity index (χ2v) is 7.72. The highest BCUT2D eigenvalue weighted by molar-refractivity contribution is 7.91. The van der Waals surface area contributed by atoms with Crippen molar-refractivity contribution in [2.24, 2.45) is 5.92 Å². The van der Waals surface area contributed by atoms with Crippen LogP contribution in [0.5, 0.6) is 0 Å². The number of hydrogen-bond acceptors (Lipinski definition) is 6. The maximum absolute atomic E-state index is 12.6. The average molecular weight is 364 g/mol. The summed E-state index contributed by atoms with van der Waals surface area (Å²) in [6, 6.07) is 2.80. The van der Waals surface area contributed by atoms with Gasteiger partial charge < -0.3 is 10.0 Å². The highest BCUT2D eigenvalue weighted by Crippen LogP contribution is 2.35. The van der Waals surface area contributed by atoms with Crippen LogP contribution in [0.1, 0.15) is 19.8 Å². The summed E-state index contributed by atoms with van der Waals surface area (Å²) in [5, 5.41) is 21.0. The molecular weight excluding hydrogens is 346 g/mol. The summed E-state index contributed by atoms with van der Waals surface area (Å²) in [6.07, 6.45) is 0.911. The number of sulfone groups is 1. The lowest BCUT2D eigenvalue weighted by Crippen LogP contribution is -2.39. The summed E-state index contributed by atoms with van der Waals surface area (Å²) < 4.78 is 48.3. The van der Waals surface area contributed by atoms with Crippen molar-refractivity contribution in [3.63, 3.8) is 0 Å². The zero-order valence-corrected chi connectivity index (χ0v) is 13.7. The molecule has 1 saturated heterocycles. The first-order valence-corrected chi connectivity index (χ1v) is 8.92. The van der Waals surface area contributed by atoms with Gasteiger partial charge in [-0.1, -0.05) is 0 Å². The molecule has 2 atom stereocenters. The van der Waals surface area contributed by atoms with E-state index < -0.39 is 37.2 Å². The molecule has 1 aromatic rings. The molecule has 0 saturated carbocycles. The van der Waals surface area contributed by atoms with Gasteiger partial charge in [0.2, 0.25) is 9.84 Å². The summed E-state index contributed by atoms with van der Waals surface area (Å²) >= 11 is 0. The molecule has 2 rings (SSSR count). The minimum Gasteiger partial charge on any atom is -0.393 e. The van der Waals surface area contributed by atoms with Gasteiger partial charge in [0.25, 0.3) is 5.69 Å². The van der Waals surface area contributed by atoms with E-state index in [2.05, 4.69) is 0 Å². The van der Waals surface area contributed by atoms with Crippen molar-refractivity contribution in [2.75, 3.05) is 18.0 Å². The van der Waals surface area contributed by atoms with Crippen LogP contribution in [-0.4, -0.2) is 43.4 Å². The molecule has 1 fully saturated rings. The van der Waals surface area contributed by atoms with E-state index in [4.69, 9.17) is 0 Å². The molecule has 24 heavy (non-hydrogen) atoms. The highest BCUT2D eigenvalue weighted by atomic mass is 32.2. The topological polar surface area (TPSA) is 101 Å². The number of halogens is 2. The second kappa shape index (κ2) is 6.98. The first kappa shape index (κ1) is 18.5. The molecule has 0 aliphatic carbocycles. The van der Waals surface area contributed by atoms with E-state index in [1.54, 1.807) is 11.8 Å². The molecule has 2 unspecified atom stereocenters. The van der Waals surface area contributed by atoms with Crippen LogP contribution in [0.3, 0.4) is 0 Å². The van der Waals surface area contributed by atoms with Crippen LogP contribution >= 0.6 is 0 Å². The number of alkyl halides is 2. The molecule has 0 aromatic heterocycles. The third-order valence-corrected chi connectivity index (χ3v) is 5.57. The van der Waals surface area contributed by atoms with Gasteiger partial charge in [-0.3, -0.25) is 10.1 Å². The van der Waals surface area contributed by atoms with Crippen molar-refractivity contribution in [3.05, 3.63) is 28.3 Å². The van der Waals surface area contributed by atoms with E-state index in [1.165, 1.54) is 6.07 Å². The number of nitrogens with zero attached hydrogens (tertiary/aromatic N) is 2. The van der Waals surface area contributed by atoms with Crippen LogP contribution in [0.15, 0.2) is 23.1 Å². The predicted molar refractivity (Wildman–Crippen MR) is 82.9 cm³/mol. The number of rotatable bonds is 5. The van der Waals surface area contributed by atoms with Gasteiger partial charge in [0, 0.05) is 25.1 Å². The van der Waals surface area contributed by atoms with Crippen LogP contribution in [-0.2, 0) is 9.84 Å². The van der Waals surface area contributed by atoms with Gasteiger partial charge in [0.05, 0.1) is 15.9 Å². The monoisotopic (exact) mass is 364 g/mol. The number of nitro groups is 1. The number of benzene rings is 1. The molecule has 1 N–H and O–H groups in total. The Labute approximate surface area is 138 Å². The van der Waals surface area contributed by atoms with Gasteiger partial charge in [0.15, 0.2) is 0 Å². The Morgan fingerprint density at radius 1 is 1.42 bits per heavy atom. The molecule has 1 heterocycles. The van der Waals surface area contributed by atoms with E-state index >= 15 is 0 Å². The number of anilines is 1. The number of hydrogen-bond donors (Lipinski definition) is 1. The highest BCUT2D eigenvalue weighted by Gasteiger charge is 2.32. The minimum atomic E-state index is -4.90. The first-order valence-electron chi connectivity index (χ1n) is 7.38. The third-order valence-electron chi connectivity index (χ3n) is 4.19. The molecule has 7 nitrogen and oxygen atoms in total. The Morgan fingerprint density at radius 3 is 2.62 bits per heavy atom. The summed E-state index contributed by atoms with van der Waals surface area (Å²) in [6.45, 7) is 2.52. The van der Waals surface area contributed by atoms with Gasteiger partial charge in [-0.15, -0.1) is 0 Å². The molecule has 1 aromatic carbocycles. The number of piperidine rings is 1. The predicted octanol–water partition coefficient (Wildman–Crippen LogP) is 2.19. The van der Waals surface area contributed by atoms with Gasteiger partial charge in [-0.25, -0.2) is 8.42 Å². The van der Waals surface area contributed by atoms with E-state index in [-0.39, 0.29) is 11.6 Å². The maximum atomic E-state index is 12.6. The number of aliphatic hydroxyl groups is 1. The molecule has 0 radical (unpaired) electrons. The molecule has 0 amide bonds. The lowest BCUT2D eigenvalue weighted by Gasteiger charge is -2.35. The fraction of sp³-hybridized carbons (Fsp3) is 0.571. The average Bonchev–Trinajstić information content (AvgIpc) is 2.54. The summed E-state index contributed by atoms with van der Waals surface area (Å²) in [5.41, 5.74) is -0.374. The first-order chi connectivity index (χ1) is 11.1. The second-order valence-electron chi connectivity index (χ2n) is 5.80. The van der Waals surface area contributed by atoms with E-state index in [0.29, 0.717) is 25.6 Å². The van der Waals surface area contributed by atoms with Crippen molar-refractivity contribution in [1.82, 2.24) is 0 Å². The summed E-state index contributed by atoms with van der Waals surface area (Å²) in [5.74, 6) is -3.71. The van der Waals surface area contributed by atoms with Crippen molar-refractivity contribution in [1.29, 1.82) is 0 Å². The minimum absolute atomic E-state index is 0.0668. The molecule has 1 aliphatic rings. The normalized spacial score (nSPS) is 20.2. The fourth-order valence-electron chi connectivity index (χ4n) is 2.82. The Hall–Kier alpha value is -1.81. The van der Waals surface area contributed by atoms with Crippen LogP contribution in [0.4, 0.5) is 20.2 Å². The summed E-state index contributed by atoms with van der Waals surface area (Å²) in [4.78, 5) is 11.4. The molecule has 10 heteroatoms. The van der Waals surface area contributed by atoms with Crippen molar-refractivity contribution in [2.45, 2.75) is 36.5 Å². The Balaban J connectivity index is 2.43. The Bertz CT molecular complexity index is 724. The van der Waals surface area contributed by atoms with Gasteiger partial charge in [-0.2, -0.15) is 8.78 Å². The lowest BCUT2D eigenvalue weighted by atomic mass is 9.93. The molecule has 0 spiro atoms. The van der Waals surface area contributed by atoms with Crippen molar-refractivity contribution >= 4 is 21.2 Å². The van der Waals surface area contributed by atoms with E-state index in [0.717, 1.165) is 12.5 Å². The van der Waals surface area contributed by atoms with E-state index in [9.17, 15) is 32.4 Å². The quantitative estimate of drug-likeness (QED) is 0.635. The number of nitro benzene ring substituents is 1.